The van der Waals surface area contributed by atoms with Crippen LogP contribution in [0.2, 0.25) is 0 Å². The van der Waals surface area contributed by atoms with Crippen LogP contribution in [0.5, 0.6) is 0 Å². The molecule has 0 radical (unpaired) electrons. The van der Waals surface area contributed by atoms with Gasteiger partial charge in [0.25, 0.3) is 0 Å². The van der Waals surface area contributed by atoms with Crippen molar-refractivity contribution in [1.82, 2.24) is 4.72 Å². The van der Waals surface area contributed by atoms with Crippen molar-refractivity contribution in [3.8, 4) is 0 Å². The molecule has 0 spiro atoms. The predicted octanol–water partition coefficient (Wildman–Crippen LogP) is 4.13. The number of benzene rings is 1. The minimum atomic E-state index is -3.31. The Morgan fingerprint density at radius 3 is 2.26 bits per heavy atom. The summed E-state index contributed by atoms with van der Waals surface area (Å²) in [6.07, 6.45) is 3.75. The lowest BCUT2D eigenvalue weighted by molar-refractivity contribution is -0.00539. The molecule has 2 aliphatic rings. The molecule has 1 heterocycles. The van der Waals surface area contributed by atoms with E-state index in [1.165, 1.54) is 0 Å². The minimum Gasteiger partial charge on any atom is -0.385 e. The number of sulfonamides is 1. The van der Waals surface area contributed by atoms with Gasteiger partial charge in [0.2, 0.25) is 10.0 Å². The summed E-state index contributed by atoms with van der Waals surface area (Å²) in [4.78, 5) is 2.05. The van der Waals surface area contributed by atoms with Crippen molar-refractivity contribution in [2.45, 2.75) is 83.3 Å². The molecule has 6 nitrogen and oxygen atoms in total. The van der Waals surface area contributed by atoms with Crippen molar-refractivity contribution in [1.29, 1.82) is 0 Å². The van der Waals surface area contributed by atoms with Crippen molar-refractivity contribution >= 4 is 21.4 Å². The van der Waals surface area contributed by atoms with Crippen LogP contribution in [0.25, 0.3) is 0 Å². The SMILES string of the molecule is C[C@@H]1CN(c2ccc(NCC3CCC(NS(=O)(=O)C(C)(C)C)CC3)cc2F)C[C@H](C)O1. The van der Waals surface area contributed by atoms with Crippen molar-refractivity contribution < 1.29 is 17.5 Å². The third-order valence-corrected chi connectivity index (χ3v) is 8.53. The molecule has 31 heavy (non-hydrogen) atoms. The van der Waals surface area contributed by atoms with Crippen molar-refractivity contribution in [2.24, 2.45) is 5.92 Å². The van der Waals surface area contributed by atoms with E-state index >= 15 is 0 Å². The number of hydrogen-bond donors (Lipinski definition) is 2. The van der Waals surface area contributed by atoms with Crippen molar-refractivity contribution in [2.75, 3.05) is 29.9 Å². The Kier molecular flexibility index (Phi) is 7.54. The molecule has 1 saturated heterocycles. The lowest BCUT2D eigenvalue weighted by Crippen LogP contribution is -2.46. The molecule has 2 fully saturated rings. The van der Waals surface area contributed by atoms with Gasteiger partial charge in [-0.1, -0.05) is 0 Å². The zero-order valence-corrected chi connectivity index (χ0v) is 20.3. The first-order chi connectivity index (χ1) is 14.4. The van der Waals surface area contributed by atoms with Crippen LogP contribution in [0, 0.1) is 11.7 Å². The van der Waals surface area contributed by atoms with Gasteiger partial charge in [0.05, 0.1) is 22.6 Å². The Bertz CT molecular complexity index is 838. The zero-order chi connectivity index (χ0) is 22.8. The third-order valence-electron chi connectivity index (χ3n) is 6.28. The van der Waals surface area contributed by atoms with Gasteiger partial charge in [-0.25, -0.2) is 17.5 Å². The third kappa shape index (κ3) is 6.33. The van der Waals surface area contributed by atoms with Gasteiger partial charge in [0.1, 0.15) is 5.82 Å². The molecular weight excluding hydrogens is 417 g/mol. The maximum atomic E-state index is 14.8. The maximum absolute atomic E-state index is 14.8. The van der Waals surface area contributed by atoms with Crippen LogP contribution in [-0.2, 0) is 14.8 Å². The van der Waals surface area contributed by atoms with Crippen molar-refractivity contribution in [3.63, 3.8) is 0 Å². The molecule has 0 bridgehead atoms. The van der Waals surface area contributed by atoms with E-state index in [-0.39, 0.29) is 24.1 Å². The molecular formula is C23H38FN3O3S. The summed E-state index contributed by atoms with van der Waals surface area (Å²) in [5, 5.41) is 3.37. The fourth-order valence-corrected chi connectivity index (χ4v) is 5.42. The standard InChI is InChI=1S/C23H38FN3O3S/c1-16-14-27(15-17(2)30-16)22-11-10-20(12-21(22)24)25-13-18-6-8-19(9-7-18)26-31(28,29)23(3,4)5/h10-12,16-19,25-26H,6-9,13-15H2,1-5H3/t16-,17+,18?,19?. The Balaban J connectivity index is 1.49. The molecule has 1 aromatic rings. The topological polar surface area (TPSA) is 70.7 Å². The van der Waals surface area contributed by atoms with Gasteiger partial charge in [0.15, 0.2) is 0 Å². The second-order valence-electron chi connectivity index (χ2n) is 10.2. The van der Waals surface area contributed by atoms with Crippen LogP contribution >= 0.6 is 0 Å². The molecule has 1 aromatic carbocycles. The highest BCUT2D eigenvalue weighted by molar-refractivity contribution is 7.90. The quantitative estimate of drug-likeness (QED) is 0.675. The number of anilines is 2. The number of ether oxygens (including phenoxy) is 1. The Labute approximate surface area is 187 Å². The Hall–Kier alpha value is -1.38. The number of rotatable bonds is 6. The highest BCUT2D eigenvalue weighted by Crippen LogP contribution is 2.29. The molecule has 2 N–H and O–H groups in total. The maximum Gasteiger partial charge on any atom is 0.216 e. The molecule has 8 heteroatoms. The Morgan fingerprint density at radius 2 is 1.71 bits per heavy atom. The first-order valence-electron chi connectivity index (χ1n) is 11.4. The molecule has 0 unspecified atom stereocenters. The molecule has 3 rings (SSSR count). The van der Waals surface area contributed by atoms with Gasteiger partial charge in [-0.3, -0.25) is 0 Å². The summed E-state index contributed by atoms with van der Waals surface area (Å²) in [5.74, 6) is 0.241. The fourth-order valence-electron chi connectivity index (χ4n) is 4.39. The number of nitrogens with zero attached hydrogens (tertiary/aromatic N) is 1. The average molecular weight is 456 g/mol. The molecule has 1 saturated carbocycles. The summed E-state index contributed by atoms with van der Waals surface area (Å²) in [6.45, 7) is 11.3. The number of nitrogens with one attached hydrogen (secondary N) is 2. The summed E-state index contributed by atoms with van der Waals surface area (Å²) >= 11 is 0. The van der Waals surface area contributed by atoms with E-state index in [4.69, 9.17) is 4.74 Å². The van der Waals surface area contributed by atoms with Crippen molar-refractivity contribution in [3.05, 3.63) is 24.0 Å². The van der Waals surface area contributed by atoms with Crippen LogP contribution in [-0.4, -0.2) is 51.0 Å². The summed E-state index contributed by atoms with van der Waals surface area (Å²) in [7, 11) is -3.31. The van der Waals surface area contributed by atoms with Gasteiger partial charge in [-0.15, -0.1) is 0 Å². The van der Waals surface area contributed by atoms with E-state index in [1.807, 2.05) is 26.0 Å². The van der Waals surface area contributed by atoms with E-state index in [0.29, 0.717) is 24.7 Å². The van der Waals surface area contributed by atoms with Crippen LogP contribution in [0.4, 0.5) is 15.8 Å². The lowest BCUT2D eigenvalue weighted by Gasteiger charge is -2.37. The zero-order valence-electron chi connectivity index (χ0n) is 19.4. The smallest absolute Gasteiger partial charge is 0.216 e. The second-order valence-corrected chi connectivity index (χ2v) is 12.6. The van der Waals surface area contributed by atoms with Gasteiger partial charge in [-0.2, -0.15) is 0 Å². The van der Waals surface area contributed by atoms with E-state index in [0.717, 1.165) is 37.9 Å². The van der Waals surface area contributed by atoms with Crippen LogP contribution < -0.4 is 14.9 Å². The molecule has 0 aromatic heterocycles. The minimum absolute atomic E-state index is 0.00973. The second kappa shape index (κ2) is 9.63. The van der Waals surface area contributed by atoms with E-state index in [2.05, 4.69) is 14.9 Å². The van der Waals surface area contributed by atoms with Gasteiger partial charge >= 0.3 is 0 Å². The first kappa shape index (κ1) is 24.3. The summed E-state index contributed by atoms with van der Waals surface area (Å²) < 4.78 is 47.3. The normalized spacial score (nSPS) is 27.9. The molecule has 2 atom stereocenters. The summed E-state index contributed by atoms with van der Waals surface area (Å²) in [6, 6.07) is 5.37. The van der Waals surface area contributed by atoms with E-state index in [1.54, 1.807) is 26.8 Å². The highest BCUT2D eigenvalue weighted by atomic mass is 32.2. The molecule has 1 aliphatic carbocycles. The summed E-state index contributed by atoms with van der Waals surface area (Å²) in [5.41, 5.74) is 1.41. The number of morpholine rings is 1. The van der Waals surface area contributed by atoms with E-state index < -0.39 is 14.8 Å². The Morgan fingerprint density at radius 1 is 1.10 bits per heavy atom. The lowest BCUT2D eigenvalue weighted by atomic mass is 9.86. The molecule has 0 amide bonds. The van der Waals surface area contributed by atoms with Crippen LogP contribution in [0.1, 0.15) is 60.3 Å². The molecule has 176 valence electrons. The van der Waals surface area contributed by atoms with Gasteiger partial charge in [-0.05, 0) is 84.4 Å². The largest absolute Gasteiger partial charge is 0.385 e. The first-order valence-corrected chi connectivity index (χ1v) is 12.9. The number of hydrogen-bond acceptors (Lipinski definition) is 5. The monoisotopic (exact) mass is 455 g/mol. The van der Waals surface area contributed by atoms with Gasteiger partial charge in [0, 0.05) is 31.4 Å². The van der Waals surface area contributed by atoms with Crippen LogP contribution in [0.15, 0.2) is 18.2 Å². The van der Waals surface area contributed by atoms with Crippen LogP contribution in [0.3, 0.4) is 0 Å². The average Bonchev–Trinajstić information content (AvgIpc) is 2.65. The molecule has 1 aliphatic heterocycles. The fraction of sp³-hybridized carbons (Fsp3) is 0.739. The highest BCUT2D eigenvalue weighted by Gasteiger charge is 2.32. The van der Waals surface area contributed by atoms with Gasteiger partial charge < -0.3 is 15.0 Å². The number of halogens is 1. The predicted molar refractivity (Wildman–Crippen MR) is 125 cm³/mol. The van der Waals surface area contributed by atoms with E-state index in [9.17, 15) is 12.8 Å².